The largest absolute Gasteiger partial charge is 0.490 e. The molecule has 0 aromatic heterocycles. The Morgan fingerprint density at radius 3 is 2.46 bits per heavy atom. The molecule has 2 rings (SSSR count). The zero-order chi connectivity index (χ0) is 20.6. The molecule has 0 aliphatic rings. The van der Waals surface area contributed by atoms with Crippen molar-refractivity contribution in [2.75, 3.05) is 24.8 Å². The van der Waals surface area contributed by atoms with Gasteiger partial charge in [0.15, 0.2) is 27.9 Å². The van der Waals surface area contributed by atoms with Crippen LogP contribution in [0.25, 0.3) is 6.08 Å². The van der Waals surface area contributed by atoms with Crippen LogP contribution in [-0.4, -0.2) is 33.8 Å². The Morgan fingerprint density at radius 2 is 1.86 bits per heavy atom. The van der Waals surface area contributed by atoms with Crippen molar-refractivity contribution >= 4 is 27.5 Å². The number of carbonyl (C=O) groups excluding carboxylic acids is 1. The van der Waals surface area contributed by atoms with Crippen molar-refractivity contribution in [3.05, 3.63) is 59.0 Å². The Labute approximate surface area is 164 Å². The van der Waals surface area contributed by atoms with Gasteiger partial charge in [-0.3, -0.25) is 4.79 Å². The highest BCUT2D eigenvalue weighted by atomic mass is 32.2. The molecule has 0 aliphatic carbocycles. The number of nitrogens with zero attached hydrogens (tertiary/aromatic N) is 1. The summed E-state index contributed by atoms with van der Waals surface area (Å²) in [5, 5.41) is 11.7. The van der Waals surface area contributed by atoms with E-state index in [0.717, 1.165) is 6.26 Å². The van der Waals surface area contributed by atoms with Crippen LogP contribution in [0.1, 0.15) is 12.5 Å². The first-order chi connectivity index (χ1) is 13.3. The molecule has 28 heavy (non-hydrogen) atoms. The van der Waals surface area contributed by atoms with E-state index in [1.54, 1.807) is 43.3 Å². The second-order valence-electron chi connectivity index (χ2n) is 5.73. The van der Waals surface area contributed by atoms with Crippen LogP contribution in [0.15, 0.2) is 53.4 Å². The minimum absolute atomic E-state index is 0.225. The maximum absolute atomic E-state index is 12.0. The molecular weight excluding hydrogens is 380 g/mol. The third-order valence-corrected chi connectivity index (χ3v) is 4.50. The highest BCUT2D eigenvalue weighted by Crippen LogP contribution is 2.29. The number of amides is 1. The summed E-state index contributed by atoms with van der Waals surface area (Å²) in [5.41, 5.74) is 1.12. The molecule has 7 nitrogen and oxygen atoms in total. The number of nitrogens with one attached hydrogen (secondary N) is 1. The summed E-state index contributed by atoms with van der Waals surface area (Å²) >= 11 is 0. The summed E-state index contributed by atoms with van der Waals surface area (Å²) in [6.45, 7) is 1.90. The molecule has 0 saturated carbocycles. The predicted octanol–water partition coefficient (Wildman–Crippen LogP) is 3.01. The number of nitriles is 1. The van der Waals surface area contributed by atoms with E-state index in [4.69, 9.17) is 14.7 Å². The molecular formula is C20H20N2O5S. The zero-order valence-corrected chi connectivity index (χ0v) is 16.3. The number of anilines is 1. The monoisotopic (exact) mass is 400 g/mol. The standard InChI is InChI=1S/C20H20N2O5S/c1-3-26-19-12-15(11-17(13-21)28(2,24)25)9-10-18(19)27-14-20(23)22-16-7-5-4-6-8-16/h4-12H,3,14H2,1-2H3,(H,22,23)/b17-11+. The fourth-order valence-electron chi connectivity index (χ4n) is 2.24. The van der Waals surface area contributed by atoms with Crippen molar-refractivity contribution < 1.29 is 22.7 Å². The average molecular weight is 400 g/mol. The number of para-hydroxylation sites is 1. The lowest BCUT2D eigenvalue weighted by Gasteiger charge is -2.13. The quantitative estimate of drug-likeness (QED) is 0.683. The molecule has 146 valence electrons. The summed E-state index contributed by atoms with van der Waals surface area (Å²) in [5.74, 6) is 0.344. The van der Waals surface area contributed by atoms with E-state index >= 15 is 0 Å². The van der Waals surface area contributed by atoms with Crippen LogP contribution in [0.3, 0.4) is 0 Å². The Balaban J connectivity index is 2.15. The smallest absolute Gasteiger partial charge is 0.262 e. The number of allylic oxidation sites excluding steroid dienone is 1. The van der Waals surface area contributed by atoms with E-state index in [9.17, 15) is 13.2 Å². The van der Waals surface area contributed by atoms with E-state index in [2.05, 4.69) is 5.32 Å². The number of ether oxygens (including phenoxy) is 2. The molecule has 2 aromatic rings. The lowest BCUT2D eigenvalue weighted by Crippen LogP contribution is -2.20. The highest BCUT2D eigenvalue weighted by Gasteiger charge is 2.13. The normalized spacial score (nSPS) is 11.4. The maximum Gasteiger partial charge on any atom is 0.262 e. The topological polar surface area (TPSA) is 105 Å². The van der Waals surface area contributed by atoms with Crippen LogP contribution >= 0.6 is 0 Å². The van der Waals surface area contributed by atoms with Crippen molar-refractivity contribution in [2.24, 2.45) is 0 Å². The van der Waals surface area contributed by atoms with Gasteiger partial charge in [0.1, 0.15) is 11.0 Å². The van der Waals surface area contributed by atoms with Crippen molar-refractivity contribution in [3.63, 3.8) is 0 Å². The molecule has 0 aliphatic heterocycles. The Kier molecular flexibility index (Phi) is 7.18. The van der Waals surface area contributed by atoms with Crippen molar-refractivity contribution in [2.45, 2.75) is 6.92 Å². The molecule has 0 saturated heterocycles. The van der Waals surface area contributed by atoms with Gasteiger partial charge in [0.25, 0.3) is 5.91 Å². The van der Waals surface area contributed by atoms with E-state index in [-0.39, 0.29) is 17.4 Å². The van der Waals surface area contributed by atoms with E-state index in [1.807, 2.05) is 18.2 Å². The fraction of sp³-hybridized carbons (Fsp3) is 0.200. The fourth-order valence-corrected chi connectivity index (χ4v) is 2.75. The molecule has 1 amide bonds. The summed E-state index contributed by atoms with van der Waals surface area (Å²) in [6, 6.07) is 15.3. The number of hydrogen-bond acceptors (Lipinski definition) is 6. The van der Waals surface area contributed by atoms with Crippen LogP contribution < -0.4 is 14.8 Å². The summed E-state index contributed by atoms with van der Waals surface area (Å²) in [4.78, 5) is 11.7. The van der Waals surface area contributed by atoms with Gasteiger partial charge in [-0.25, -0.2) is 8.42 Å². The van der Waals surface area contributed by atoms with E-state index in [1.165, 1.54) is 6.08 Å². The molecule has 0 heterocycles. The number of sulfone groups is 1. The Bertz CT molecular complexity index is 1010. The van der Waals surface area contributed by atoms with Gasteiger partial charge in [0.2, 0.25) is 0 Å². The lowest BCUT2D eigenvalue weighted by atomic mass is 10.2. The van der Waals surface area contributed by atoms with E-state index in [0.29, 0.717) is 29.4 Å². The summed E-state index contributed by atoms with van der Waals surface area (Å²) in [7, 11) is -3.62. The van der Waals surface area contributed by atoms with Gasteiger partial charge in [-0.15, -0.1) is 0 Å². The van der Waals surface area contributed by atoms with Crippen molar-refractivity contribution in [1.82, 2.24) is 0 Å². The first-order valence-electron chi connectivity index (χ1n) is 8.40. The third-order valence-electron chi connectivity index (χ3n) is 3.49. The first-order valence-corrected chi connectivity index (χ1v) is 10.3. The molecule has 0 spiro atoms. The SMILES string of the molecule is CCOc1cc(/C=C(\C#N)S(C)(=O)=O)ccc1OCC(=O)Nc1ccccc1. The van der Waals surface area contributed by atoms with Crippen LogP contribution in [0.5, 0.6) is 11.5 Å². The first kappa shape index (κ1) is 21.0. The number of carbonyl (C=O) groups is 1. The molecule has 0 unspecified atom stereocenters. The van der Waals surface area contributed by atoms with Gasteiger partial charge in [0, 0.05) is 11.9 Å². The second-order valence-corrected chi connectivity index (χ2v) is 7.72. The molecule has 8 heteroatoms. The lowest BCUT2D eigenvalue weighted by molar-refractivity contribution is -0.118. The van der Waals surface area contributed by atoms with Gasteiger partial charge in [-0.2, -0.15) is 5.26 Å². The predicted molar refractivity (Wildman–Crippen MR) is 107 cm³/mol. The highest BCUT2D eigenvalue weighted by molar-refractivity contribution is 7.95. The summed E-state index contributed by atoms with van der Waals surface area (Å²) in [6.07, 6.45) is 2.22. The Morgan fingerprint density at radius 1 is 1.14 bits per heavy atom. The molecule has 0 radical (unpaired) electrons. The van der Waals surface area contributed by atoms with E-state index < -0.39 is 9.84 Å². The minimum atomic E-state index is -3.62. The van der Waals surface area contributed by atoms with Crippen LogP contribution in [0.4, 0.5) is 5.69 Å². The molecule has 0 fully saturated rings. The molecule has 2 aromatic carbocycles. The van der Waals surface area contributed by atoms with Crippen LogP contribution in [0.2, 0.25) is 0 Å². The van der Waals surface area contributed by atoms with Crippen LogP contribution in [0, 0.1) is 11.3 Å². The number of hydrogen-bond donors (Lipinski definition) is 1. The summed E-state index contributed by atoms with van der Waals surface area (Å²) < 4.78 is 34.2. The van der Waals surface area contributed by atoms with Crippen molar-refractivity contribution in [3.8, 4) is 17.6 Å². The number of rotatable bonds is 8. The molecule has 0 atom stereocenters. The van der Waals surface area contributed by atoms with Gasteiger partial charge >= 0.3 is 0 Å². The van der Waals surface area contributed by atoms with Crippen LogP contribution in [-0.2, 0) is 14.6 Å². The molecule has 1 N–H and O–H groups in total. The molecule has 0 bridgehead atoms. The van der Waals surface area contributed by atoms with Gasteiger partial charge in [-0.1, -0.05) is 24.3 Å². The average Bonchev–Trinajstić information content (AvgIpc) is 2.65. The minimum Gasteiger partial charge on any atom is -0.490 e. The third kappa shape index (κ3) is 6.14. The van der Waals surface area contributed by atoms with Gasteiger partial charge in [-0.05, 0) is 42.8 Å². The van der Waals surface area contributed by atoms with Gasteiger partial charge < -0.3 is 14.8 Å². The Hall–Kier alpha value is -3.31. The number of benzene rings is 2. The maximum atomic E-state index is 12.0. The zero-order valence-electron chi connectivity index (χ0n) is 15.5. The second kappa shape index (κ2) is 9.58. The van der Waals surface area contributed by atoms with Crippen molar-refractivity contribution in [1.29, 1.82) is 5.26 Å². The van der Waals surface area contributed by atoms with Gasteiger partial charge in [0.05, 0.1) is 6.61 Å².